The zero-order valence-electron chi connectivity index (χ0n) is 12.5. The Balaban J connectivity index is 1.88. The number of hydrogen-bond donors (Lipinski definition) is 0. The standard InChI is InChI=1S/C16H20N4O/c1-3-8-20-16(17-12-18-20)11-19-9-7-13-10-14(21-4-2)5-6-15(13)19/h5-7,9-10,12H,3-4,8,11H2,1-2H3. The fraction of sp³-hybridized carbons (Fsp3) is 0.375. The molecule has 0 amide bonds. The first kappa shape index (κ1) is 13.7. The third kappa shape index (κ3) is 2.77. The molecule has 0 unspecified atom stereocenters. The van der Waals surface area contributed by atoms with Crippen molar-refractivity contribution in [1.82, 2.24) is 19.3 Å². The average Bonchev–Trinajstić information content (AvgIpc) is 3.08. The topological polar surface area (TPSA) is 44.9 Å². The van der Waals surface area contributed by atoms with E-state index in [-0.39, 0.29) is 0 Å². The highest BCUT2D eigenvalue weighted by atomic mass is 16.5. The van der Waals surface area contributed by atoms with Crippen molar-refractivity contribution in [2.45, 2.75) is 33.4 Å². The van der Waals surface area contributed by atoms with Crippen LogP contribution in [-0.4, -0.2) is 25.9 Å². The Bertz CT molecular complexity index is 729. The van der Waals surface area contributed by atoms with Crippen LogP contribution < -0.4 is 4.74 Å². The van der Waals surface area contributed by atoms with Crippen LogP contribution in [0.1, 0.15) is 26.1 Å². The number of benzene rings is 1. The van der Waals surface area contributed by atoms with Gasteiger partial charge in [-0.2, -0.15) is 5.10 Å². The molecule has 3 rings (SSSR count). The van der Waals surface area contributed by atoms with Crippen molar-refractivity contribution in [3.63, 3.8) is 0 Å². The largest absolute Gasteiger partial charge is 0.494 e. The fourth-order valence-electron chi connectivity index (χ4n) is 2.53. The summed E-state index contributed by atoms with van der Waals surface area (Å²) in [6.45, 7) is 6.47. The summed E-state index contributed by atoms with van der Waals surface area (Å²) in [7, 11) is 0. The lowest BCUT2D eigenvalue weighted by Gasteiger charge is -2.08. The molecular formula is C16H20N4O. The highest BCUT2D eigenvalue weighted by Gasteiger charge is 2.08. The molecular weight excluding hydrogens is 264 g/mol. The molecule has 0 aliphatic carbocycles. The van der Waals surface area contributed by atoms with Gasteiger partial charge < -0.3 is 9.30 Å². The van der Waals surface area contributed by atoms with Gasteiger partial charge in [0.1, 0.15) is 17.9 Å². The summed E-state index contributed by atoms with van der Waals surface area (Å²) in [5, 5.41) is 5.46. The lowest BCUT2D eigenvalue weighted by Crippen LogP contribution is -2.09. The van der Waals surface area contributed by atoms with Gasteiger partial charge in [0.15, 0.2) is 0 Å². The van der Waals surface area contributed by atoms with Gasteiger partial charge in [-0.25, -0.2) is 9.67 Å². The minimum Gasteiger partial charge on any atom is -0.494 e. The monoisotopic (exact) mass is 284 g/mol. The van der Waals surface area contributed by atoms with Gasteiger partial charge in [0.05, 0.1) is 13.2 Å². The molecule has 0 aliphatic rings. The maximum atomic E-state index is 5.54. The SMILES string of the molecule is CCCn1ncnc1Cn1ccc2cc(OCC)ccc21. The molecule has 5 nitrogen and oxygen atoms in total. The Hall–Kier alpha value is -2.30. The quantitative estimate of drug-likeness (QED) is 0.698. The van der Waals surface area contributed by atoms with Crippen LogP contribution in [0.4, 0.5) is 0 Å². The molecule has 0 fully saturated rings. The Morgan fingerprint density at radius 2 is 2.10 bits per heavy atom. The smallest absolute Gasteiger partial charge is 0.146 e. The van der Waals surface area contributed by atoms with Crippen LogP contribution in [-0.2, 0) is 13.1 Å². The van der Waals surface area contributed by atoms with Gasteiger partial charge in [0.25, 0.3) is 0 Å². The first-order valence-corrected chi connectivity index (χ1v) is 7.40. The van der Waals surface area contributed by atoms with E-state index < -0.39 is 0 Å². The zero-order valence-corrected chi connectivity index (χ0v) is 12.5. The second-order valence-corrected chi connectivity index (χ2v) is 5.00. The first-order chi connectivity index (χ1) is 10.3. The van der Waals surface area contributed by atoms with Crippen molar-refractivity contribution in [3.05, 3.63) is 42.6 Å². The van der Waals surface area contributed by atoms with Crippen LogP contribution >= 0.6 is 0 Å². The van der Waals surface area contributed by atoms with E-state index in [0.29, 0.717) is 6.61 Å². The summed E-state index contributed by atoms with van der Waals surface area (Å²) in [5.74, 6) is 1.90. The third-order valence-corrected chi connectivity index (χ3v) is 3.50. The predicted octanol–water partition coefficient (Wildman–Crippen LogP) is 3.09. The number of fused-ring (bicyclic) bond motifs is 1. The molecule has 2 heterocycles. The molecule has 0 spiro atoms. The van der Waals surface area contributed by atoms with Crippen molar-refractivity contribution in [1.29, 1.82) is 0 Å². The second kappa shape index (κ2) is 5.99. The number of aromatic nitrogens is 4. The van der Waals surface area contributed by atoms with Crippen molar-refractivity contribution in [2.24, 2.45) is 0 Å². The molecule has 2 aromatic heterocycles. The van der Waals surface area contributed by atoms with Crippen LogP contribution in [0.3, 0.4) is 0 Å². The highest BCUT2D eigenvalue weighted by molar-refractivity contribution is 5.81. The Morgan fingerprint density at radius 1 is 1.19 bits per heavy atom. The lowest BCUT2D eigenvalue weighted by molar-refractivity contribution is 0.340. The van der Waals surface area contributed by atoms with Gasteiger partial charge in [-0.3, -0.25) is 0 Å². The van der Waals surface area contributed by atoms with E-state index >= 15 is 0 Å². The Labute approximate surface area is 124 Å². The molecule has 0 saturated heterocycles. The van der Waals surface area contributed by atoms with Crippen LogP contribution in [0.25, 0.3) is 10.9 Å². The van der Waals surface area contributed by atoms with Crippen LogP contribution in [0, 0.1) is 0 Å². The molecule has 0 bridgehead atoms. The van der Waals surface area contributed by atoms with Crippen molar-refractivity contribution >= 4 is 10.9 Å². The number of ether oxygens (including phenoxy) is 1. The van der Waals surface area contributed by atoms with E-state index in [9.17, 15) is 0 Å². The van der Waals surface area contributed by atoms with Gasteiger partial charge in [-0.1, -0.05) is 6.92 Å². The summed E-state index contributed by atoms with van der Waals surface area (Å²) >= 11 is 0. The van der Waals surface area contributed by atoms with Crippen molar-refractivity contribution in [3.8, 4) is 5.75 Å². The highest BCUT2D eigenvalue weighted by Crippen LogP contribution is 2.22. The molecule has 0 atom stereocenters. The van der Waals surface area contributed by atoms with Gasteiger partial charge in [0.2, 0.25) is 0 Å². The zero-order chi connectivity index (χ0) is 14.7. The summed E-state index contributed by atoms with van der Waals surface area (Å²) in [5.41, 5.74) is 1.18. The summed E-state index contributed by atoms with van der Waals surface area (Å²) < 4.78 is 9.71. The molecule has 21 heavy (non-hydrogen) atoms. The minimum atomic E-state index is 0.687. The van der Waals surface area contributed by atoms with Crippen molar-refractivity contribution < 1.29 is 4.74 Å². The average molecular weight is 284 g/mol. The Kier molecular flexibility index (Phi) is 3.90. The van der Waals surface area contributed by atoms with E-state index in [0.717, 1.165) is 31.1 Å². The van der Waals surface area contributed by atoms with Gasteiger partial charge in [-0.15, -0.1) is 0 Å². The number of aryl methyl sites for hydroxylation is 1. The van der Waals surface area contributed by atoms with E-state index in [1.54, 1.807) is 6.33 Å². The van der Waals surface area contributed by atoms with E-state index in [2.05, 4.69) is 46.0 Å². The predicted molar refractivity (Wildman–Crippen MR) is 82.5 cm³/mol. The molecule has 0 saturated carbocycles. The fourth-order valence-corrected chi connectivity index (χ4v) is 2.53. The maximum absolute atomic E-state index is 5.54. The molecule has 0 N–H and O–H groups in total. The molecule has 1 aromatic carbocycles. The Morgan fingerprint density at radius 3 is 2.90 bits per heavy atom. The molecule has 0 radical (unpaired) electrons. The lowest BCUT2D eigenvalue weighted by atomic mass is 10.2. The molecule has 5 heteroatoms. The molecule has 3 aromatic rings. The van der Waals surface area contributed by atoms with E-state index in [1.165, 1.54) is 10.9 Å². The molecule has 0 aliphatic heterocycles. The van der Waals surface area contributed by atoms with Gasteiger partial charge >= 0.3 is 0 Å². The summed E-state index contributed by atoms with van der Waals surface area (Å²) in [6, 6.07) is 8.30. The van der Waals surface area contributed by atoms with E-state index in [1.807, 2.05) is 17.7 Å². The van der Waals surface area contributed by atoms with Gasteiger partial charge in [-0.05, 0) is 37.6 Å². The number of hydrogen-bond acceptors (Lipinski definition) is 3. The van der Waals surface area contributed by atoms with Crippen LogP contribution in [0.5, 0.6) is 5.75 Å². The minimum absolute atomic E-state index is 0.687. The number of rotatable bonds is 6. The maximum Gasteiger partial charge on any atom is 0.146 e. The third-order valence-electron chi connectivity index (χ3n) is 3.50. The van der Waals surface area contributed by atoms with Crippen LogP contribution in [0.2, 0.25) is 0 Å². The van der Waals surface area contributed by atoms with Crippen molar-refractivity contribution in [2.75, 3.05) is 6.61 Å². The van der Waals surface area contributed by atoms with E-state index in [4.69, 9.17) is 4.74 Å². The van der Waals surface area contributed by atoms with Gasteiger partial charge in [0, 0.05) is 23.6 Å². The molecule has 110 valence electrons. The second-order valence-electron chi connectivity index (χ2n) is 5.00. The van der Waals surface area contributed by atoms with Crippen LogP contribution in [0.15, 0.2) is 36.8 Å². The first-order valence-electron chi connectivity index (χ1n) is 7.40. The summed E-state index contributed by atoms with van der Waals surface area (Å²) in [4.78, 5) is 4.37. The summed E-state index contributed by atoms with van der Waals surface area (Å²) in [6.07, 6.45) is 4.77. The normalized spacial score (nSPS) is 11.1. The number of nitrogens with zero attached hydrogens (tertiary/aromatic N) is 4.